The Morgan fingerprint density at radius 1 is 1.03 bits per heavy atom. The lowest BCUT2D eigenvalue weighted by molar-refractivity contribution is 0.0947. The van der Waals surface area contributed by atoms with E-state index in [4.69, 9.17) is 4.74 Å². The third-order valence-corrected chi connectivity index (χ3v) is 7.14. The van der Waals surface area contributed by atoms with E-state index < -0.39 is 10.0 Å². The average molecular weight is 445 g/mol. The Balaban J connectivity index is 1.46. The zero-order valence-electron chi connectivity index (χ0n) is 16.8. The minimum atomic E-state index is -3.60. The SMILES string of the molecule is CC(C)c1ccc(OCCNC(=O)c2ccc(NS(=O)(=O)c3cccs3)cc2)cc1. The van der Waals surface area contributed by atoms with Gasteiger partial charge in [0, 0.05) is 11.3 Å². The summed E-state index contributed by atoms with van der Waals surface area (Å²) in [4.78, 5) is 12.3. The van der Waals surface area contributed by atoms with Crippen LogP contribution in [0.3, 0.4) is 0 Å². The number of hydrogen-bond donors (Lipinski definition) is 2. The molecule has 0 saturated carbocycles. The molecule has 0 spiro atoms. The van der Waals surface area contributed by atoms with Gasteiger partial charge in [0.1, 0.15) is 16.6 Å². The van der Waals surface area contributed by atoms with Crippen LogP contribution >= 0.6 is 11.3 Å². The van der Waals surface area contributed by atoms with Gasteiger partial charge in [-0.1, -0.05) is 32.0 Å². The summed E-state index contributed by atoms with van der Waals surface area (Å²) < 4.78 is 32.8. The molecule has 0 aliphatic carbocycles. The van der Waals surface area contributed by atoms with Gasteiger partial charge < -0.3 is 10.1 Å². The van der Waals surface area contributed by atoms with E-state index in [-0.39, 0.29) is 10.1 Å². The maximum absolute atomic E-state index is 12.3. The monoisotopic (exact) mass is 444 g/mol. The molecule has 0 unspecified atom stereocenters. The molecule has 0 fully saturated rings. The molecule has 158 valence electrons. The van der Waals surface area contributed by atoms with Gasteiger partial charge in [0.2, 0.25) is 0 Å². The van der Waals surface area contributed by atoms with Crippen LogP contribution in [0.15, 0.2) is 70.3 Å². The Bertz CT molecular complexity index is 1060. The van der Waals surface area contributed by atoms with Gasteiger partial charge in [-0.3, -0.25) is 9.52 Å². The van der Waals surface area contributed by atoms with Gasteiger partial charge in [-0.15, -0.1) is 11.3 Å². The highest BCUT2D eigenvalue weighted by atomic mass is 32.2. The summed E-state index contributed by atoms with van der Waals surface area (Å²) >= 11 is 1.14. The summed E-state index contributed by atoms with van der Waals surface area (Å²) in [6.07, 6.45) is 0. The lowest BCUT2D eigenvalue weighted by Crippen LogP contribution is -2.28. The van der Waals surface area contributed by atoms with Gasteiger partial charge in [-0.25, -0.2) is 8.42 Å². The fourth-order valence-electron chi connectivity index (χ4n) is 2.70. The van der Waals surface area contributed by atoms with Gasteiger partial charge >= 0.3 is 0 Å². The van der Waals surface area contributed by atoms with Crippen molar-refractivity contribution in [1.29, 1.82) is 0 Å². The van der Waals surface area contributed by atoms with Crippen LogP contribution in [0.2, 0.25) is 0 Å². The molecule has 2 aromatic carbocycles. The zero-order chi connectivity index (χ0) is 21.6. The largest absolute Gasteiger partial charge is 0.492 e. The Kier molecular flexibility index (Phi) is 7.12. The molecule has 1 heterocycles. The molecular weight excluding hydrogens is 420 g/mol. The van der Waals surface area contributed by atoms with E-state index in [1.807, 2.05) is 24.3 Å². The molecule has 0 saturated heterocycles. The number of thiophene rings is 1. The first-order chi connectivity index (χ1) is 14.3. The standard InChI is InChI=1S/C22H24N2O4S2/c1-16(2)17-7-11-20(12-8-17)28-14-13-23-22(25)18-5-9-19(10-6-18)24-30(26,27)21-4-3-15-29-21/h3-12,15-16,24H,13-14H2,1-2H3,(H,23,25). The second kappa shape index (κ2) is 9.77. The van der Waals surface area contributed by atoms with Crippen molar-refractivity contribution in [3.63, 3.8) is 0 Å². The minimum absolute atomic E-state index is 0.239. The third-order valence-electron chi connectivity index (χ3n) is 4.36. The molecule has 0 atom stereocenters. The lowest BCUT2D eigenvalue weighted by atomic mass is 10.0. The number of ether oxygens (including phenoxy) is 1. The maximum Gasteiger partial charge on any atom is 0.271 e. The van der Waals surface area contributed by atoms with Crippen LogP contribution < -0.4 is 14.8 Å². The van der Waals surface area contributed by atoms with E-state index in [1.165, 1.54) is 11.6 Å². The molecule has 0 radical (unpaired) electrons. The first-order valence-electron chi connectivity index (χ1n) is 9.52. The number of carbonyl (C=O) groups excluding carboxylic acids is 1. The zero-order valence-corrected chi connectivity index (χ0v) is 18.4. The van der Waals surface area contributed by atoms with Crippen molar-refractivity contribution >= 4 is 33.0 Å². The highest BCUT2D eigenvalue weighted by molar-refractivity contribution is 7.94. The molecule has 8 heteroatoms. The second-order valence-electron chi connectivity index (χ2n) is 6.94. The van der Waals surface area contributed by atoms with Crippen LogP contribution in [0.1, 0.15) is 35.7 Å². The molecule has 3 aromatic rings. The van der Waals surface area contributed by atoms with Crippen molar-refractivity contribution in [2.24, 2.45) is 0 Å². The molecule has 0 aliphatic rings. The molecule has 6 nitrogen and oxygen atoms in total. The normalized spacial score (nSPS) is 11.3. The van der Waals surface area contributed by atoms with E-state index in [2.05, 4.69) is 23.9 Å². The fraction of sp³-hybridized carbons (Fsp3) is 0.227. The fourth-order valence-corrected chi connectivity index (χ4v) is 4.75. The number of benzene rings is 2. The quantitative estimate of drug-likeness (QED) is 0.477. The Labute approximate surface area is 181 Å². The summed E-state index contributed by atoms with van der Waals surface area (Å²) in [5.74, 6) is 0.980. The predicted octanol–water partition coefficient (Wildman–Crippen LogP) is 4.48. The minimum Gasteiger partial charge on any atom is -0.492 e. The maximum atomic E-state index is 12.3. The summed E-state index contributed by atoms with van der Waals surface area (Å²) in [6, 6.07) is 17.4. The number of rotatable bonds is 9. The molecule has 2 N–H and O–H groups in total. The molecule has 30 heavy (non-hydrogen) atoms. The number of nitrogens with one attached hydrogen (secondary N) is 2. The third kappa shape index (κ3) is 5.84. The van der Waals surface area contributed by atoms with E-state index in [9.17, 15) is 13.2 Å². The van der Waals surface area contributed by atoms with Gasteiger partial charge in [0.15, 0.2) is 0 Å². The van der Waals surface area contributed by atoms with Crippen LogP contribution in [0.4, 0.5) is 5.69 Å². The van der Waals surface area contributed by atoms with Gasteiger partial charge in [-0.2, -0.15) is 0 Å². The van der Waals surface area contributed by atoms with Crippen molar-refractivity contribution in [3.8, 4) is 5.75 Å². The Morgan fingerprint density at radius 3 is 2.33 bits per heavy atom. The van der Waals surface area contributed by atoms with E-state index >= 15 is 0 Å². The summed E-state index contributed by atoms with van der Waals surface area (Å²) in [5, 5.41) is 4.49. The van der Waals surface area contributed by atoms with Crippen LogP contribution in [-0.4, -0.2) is 27.5 Å². The van der Waals surface area contributed by atoms with E-state index in [1.54, 1.807) is 35.7 Å². The number of amides is 1. The molecule has 0 bridgehead atoms. The molecule has 1 amide bonds. The van der Waals surface area contributed by atoms with Crippen LogP contribution in [0.25, 0.3) is 0 Å². The number of hydrogen-bond acceptors (Lipinski definition) is 5. The van der Waals surface area contributed by atoms with Crippen molar-refractivity contribution < 1.29 is 17.9 Å². The van der Waals surface area contributed by atoms with Gasteiger partial charge in [-0.05, 0) is 59.3 Å². The highest BCUT2D eigenvalue weighted by Gasteiger charge is 2.15. The topological polar surface area (TPSA) is 84.5 Å². The van der Waals surface area contributed by atoms with Crippen molar-refractivity contribution in [1.82, 2.24) is 5.32 Å². The van der Waals surface area contributed by atoms with Gasteiger partial charge in [0.05, 0.1) is 6.54 Å². The lowest BCUT2D eigenvalue weighted by Gasteiger charge is -2.10. The summed E-state index contributed by atoms with van der Waals surface area (Å²) in [7, 11) is -3.60. The molecule has 1 aromatic heterocycles. The number of sulfonamides is 1. The average Bonchev–Trinajstić information content (AvgIpc) is 3.28. The van der Waals surface area contributed by atoms with Crippen molar-refractivity contribution in [2.75, 3.05) is 17.9 Å². The van der Waals surface area contributed by atoms with Gasteiger partial charge in [0.25, 0.3) is 15.9 Å². The molecule has 3 rings (SSSR count). The van der Waals surface area contributed by atoms with E-state index in [0.29, 0.717) is 30.3 Å². The number of carbonyl (C=O) groups is 1. The summed E-state index contributed by atoms with van der Waals surface area (Å²) in [5.41, 5.74) is 2.08. The first-order valence-corrected chi connectivity index (χ1v) is 11.9. The van der Waals surface area contributed by atoms with E-state index in [0.717, 1.165) is 17.1 Å². The highest BCUT2D eigenvalue weighted by Crippen LogP contribution is 2.21. The van der Waals surface area contributed by atoms with Crippen molar-refractivity contribution in [3.05, 3.63) is 77.2 Å². The van der Waals surface area contributed by atoms with Crippen LogP contribution in [-0.2, 0) is 10.0 Å². The Morgan fingerprint density at radius 2 is 1.73 bits per heavy atom. The Hall–Kier alpha value is -2.84. The second-order valence-corrected chi connectivity index (χ2v) is 9.80. The van der Waals surface area contributed by atoms with Crippen LogP contribution in [0.5, 0.6) is 5.75 Å². The smallest absolute Gasteiger partial charge is 0.271 e. The summed E-state index contributed by atoms with van der Waals surface area (Å²) in [6.45, 7) is 4.98. The first kappa shape index (κ1) is 21.9. The molecule has 0 aliphatic heterocycles. The predicted molar refractivity (Wildman–Crippen MR) is 120 cm³/mol. The van der Waals surface area contributed by atoms with Crippen molar-refractivity contribution in [2.45, 2.75) is 24.0 Å². The van der Waals surface area contributed by atoms with Crippen LogP contribution in [0, 0.1) is 0 Å². The molecular formula is C22H24N2O4S2. The number of anilines is 1.